The first-order chi connectivity index (χ1) is 13.9. The van der Waals surface area contributed by atoms with Crippen LogP contribution in [0.3, 0.4) is 0 Å². The van der Waals surface area contributed by atoms with Crippen molar-refractivity contribution in [2.45, 2.75) is 0 Å². The van der Waals surface area contributed by atoms with E-state index < -0.39 is 102 Å². The molecule has 4 aromatic carbocycles. The van der Waals surface area contributed by atoms with Crippen LogP contribution in [0.4, 0.5) is 43.9 Å². The largest absolute Gasteiger partial charge is 0.504 e. The summed E-state index contributed by atoms with van der Waals surface area (Å²) < 4.78 is 141. The molecule has 0 unspecified atom stereocenters. The fourth-order valence-corrected chi connectivity index (χ4v) is 3.34. The van der Waals surface area contributed by atoms with Gasteiger partial charge in [-0.25, -0.2) is 35.1 Å². The SMILES string of the molecule is Oc1c(F)c(F)c2c(c1F)c1c(O)c(F)c(F)c(F)c1c1c(F)c(F)c(F)c(F)c21. The van der Waals surface area contributed by atoms with Crippen LogP contribution in [0, 0.1) is 58.2 Å². The van der Waals surface area contributed by atoms with Crippen molar-refractivity contribution in [1.82, 2.24) is 0 Å². The Bertz CT molecular complexity index is 1150. The Morgan fingerprint density at radius 3 is 0.967 bits per heavy atom. The lowest BCUT2D eigenvalue weighted by atomic mass is 9.91. The van der Waals surface area contributed by atoms with Crippen molar-refractivity contribution < 1.29 is 54.1 Å². The van der Waals surface area contributed by atoms with Crippen LogP contribution in [0.25, 0.3) is 32.3 Å². The van der Waals surface area contributed by atoms with Gasteiger partial charge in [-0.05, 0) is 0 Å². The molecule has 4 aromatic rings. The summed E-state index contributed by atoms with van der Waals surface area (Å²) in [5, 5.41) is 8.99. The number of hydrogen-bond acceptors (Lipinski definition) is 2. The van der Waals surface area contributed by atoms with Crippen LogP contribution in [0.5, 0.6) is 11.5 Å². The third kappa shape index (κ3) is 2.10. The van der Waals surface area contributed by atoms with E-state index in [1.807, 2.05) is 0 Å². The van der Waals surface area contributed by atoms with Gasteiger partial charge >= 0.3 is 0 Å². The van der Waals surface area contributed by atoms with Gasteiger partial charge in [-0.3, -0.25) is 0 Å². The number of aromatic hydroxyl groups is 2. The maximum absolute atomic E-state index is 14.6. The van der Waals surface area contributed by atoms with Gasteiger partial charge in [0.05, 0.1) is 0 Å². The van der Waals surface area contributed by atoms with Gasteiger partial charge in [-0.15, -0.1) is 0 Å². The Hall–Kier alpha value is -3.44. The molecule has 0 fully saturated rings. The van der Waals surface area contributed by atoms with Crippen molar-refractivity contribution in [3.8, 4) is 11.5 Å². The molecule has 0 radical (unpaired) electrons. The zero-order chi connectivity index (χ0) is 22.4. The summed E-state index contributed by atoms with van der Waals surface area (Å²) >= 11 is 0. The number of phenolic OH excluding ortho intramolecular Hbond substituents is 2. The average molecular weight is 440 g/mol. The maximum atomic E-state index is 14.6. The summed E-state index contributed by atoms with van der Waals surface area (Å²) in [4.78, 5) is 0. The highest BCUT2D eigenvalue weighted by molar-refractivity contribution is 6.27. The van der Waals surface area contributed by atoms with Gasteiger partial charge in [0.2, 0.25) is 11.6 Å². The van der Waals surface area contributed by atoms with Crippen LogP contribution in [0.2, 0.25) is 0 Å². The van der Waals surface area contributed by atoms with Gasteiger partial charge in [-0.2, -0.15) is 8.78 Å². The normalized spacial score (nSPS) is 11.9. The molecule has 30 heavy (non-hydrogen) atoms. The molecule has 0 aromatic heterocycles. The fraction of sp³-hybridized carbons (Fsp3) is 0. The van der Waals surface area contributed by atoms with Crippen LogP contribution >= 0.6 is 0 Å². The van der Waals surface area contributed by atoms with Crippen molar-refractivity contribution in [1.29, 1.82) is 0 Å². The van der Waals surface area contributed by atoms with E-state index >= 15 is 0 Å². The van der Waals surface area contributed by atoms with E-state index in [0.717, 1.165) is 0 Å². The summed E-state index contributed by atoms with van der Waals surface area (Å²) in [6.45, 7) is 0. The van der Waals surface area contributed by atoms with Crippen molar-refractivity contribution in [2.75, 3.05) is 0 Å². The quantitative estimate of drug-likeness (QED) is 0.154. The lowest BCUT2D eigenvalue weighted by Crippen LogP contribution is -2.05. The van der Waals surface area contributed by atoms with E-state index in [0.29, 0.717) is 0 Å². The molecular weight excluding hydrogens is 438 g/mol. The Kier molecular flexibility index (Phi) is 3.99. The summed E-state index contributed by atoms with van der Waals surface area (Å²) in [5.74, 6) is -28.5. The van der Waals surface area contributed by atoms with Crippen LogP contribution in [0.1, 0.15) is 0 Å². The minimum atomic E-state index is -2.60. The molecule has 0 bridgehead atoms. The molecule has 0 saturated carbocycles. The number of fused-ring (bicyclic) bond motifs is 6. The highest BCUT2D eigenvalue weighted by Crippen LogP contribution is 2.48. The Morgan fingerprint density at radius 1 is 0.267 bits per heavy atom. The second-order valence-electron chi connectivity index (χ2n) is 6.09. The monoisotopic (exact) mass is 440 g/mol. The van der Waals surface area contributed by atoms with Gasteiger partial charge in [0.25, 0.3) is 0 Å². The number of phenols is 2. The van der Waals surface area contributed by atoms with Gasteiger partial charge in [0.1, 0.15) is 0 Å². The Morgan fingerprint density at radius 2 is 0.533 bits per heavy atom. The first kappa shape index (κ1) is 19.9. The molecule has 4 rings (SSSR count). The van der Waals surface area contributed by atoms with Gasteiger partial charge in [0.15, 0.2) is 58.0 Å². The number of benzene rings is 4. The molecule has 0 atom stereocenters. The van der Waals surface area contributed by atoms with Gasteiger partial charge < -0.3 is 10.2 Å². The second-order valence-corrected chi connectivity index (χ2v) is 6.09. The van der Waals surface area contributed by atoms with Crippen molar-refractivity contribution in [3.63, 3.8) is 0 Å². The molecule has 156 valence electrons. The van der Waals surface area contributed by atoms with Gasteiger partial charge in [-0.1, -0.05) is 0 Å². The average Bonchev–Trinajstić information content (AvgIpc) is 2.73. The predicted octanol–water partition coefficient (Wildman–Crippen LogP) is 5.95. The third-order valence-corrected chi connectivity index (χ3v) is 4.61. The lowest BCUT2D eigenvalue weighted by Gasteiger charge is -2.17. The molecule has 0 aliphatic heterocycles. The minimum Gasteiger partial charge on any atom is -0.504 e. The van der Waals surface area contributed by atoms with E-state index in [1.165, 1.54) is 0 Å². The van der Waals surface area contributed by atoms with E-state index in [4.69, 9.17) is 0 Å². The minimum absolute atomic E-state index is 1.59. The van der Waals surface area contributed by atoms with Crippen LogP contribution < -0.4 is 0 Å². The molecule has 0 aliphatic carbocycles. The molecule has 0 saturated heterocycles. The molecular formula is C18H2F10O2. The van der Waals surface area contributed by atoms with Crippen LogP contribution in [-0.2, 0) is 0 Å². The number of rotatable bonds is 0. The van der Waals surface area contributed by atoms with E-state index in [2.05, 4.69) is 0 Å². The maximum Gasteiger partial charge on any atom is 0.204 e. The molecule has 0 amide bonds. The smallest absolute Gasteiger partial charge is 0.204 e. The van der Waals surface area contributed by atoms with Crippen molar-refractivity contribution in [3.05, 3.63) is 58.2 Å². The fourth-order valence-electron chi connectivity index (χ4n) is 3.34. The third-order valence-electron chi connectivity index (χ3n) is 4.61. The highest BCUT2D eigenvalue weighted by atomic mass is 19.2. The molecule has 0 aliphatic rings. The van der Waals surface area contributed by atoms with Crippen LogP contribution in [-0.4, -0.2) is 10.2 Å². The van der Waals surface area contributed by atoms with E-state index in [9.17, 15) is 54.1 Å². The van der Waals surface area contributed by atoms with E-state index in [-0.39, 0.29) is 0 Å². The molecule has 0 spiro atoms. The standard InChI is InChI=1S/C18H2F10O2/c19-7-1-2(8(20)13(25)12(7)24)4-6(17(29)16(28)14(26)9(4)21)5-3(1)10(22)15(27)18(30)11(5)23/h29-30H. The predicted molar refractivity (Wildman–Crippen MR) is 81.9 cm³/mol. The lowest BCUT2D eigenvalue weighted by molar-refractivity contribution is 0.381. The topological polar surface area (TPSA) is 40.5 Å². The van der Waals surface area contributed by atoms with Crippen LogP contribution in [0.15, 0.2) is 0 Å². The summed E-state index contributed by atoms with van der Waals surface area (Å²) in [6.07, 6.45) is 0. The zero-order valence-electron chi connectivity index (χ0n) is 13.7. The highest BCUT2D eigenvalue weighted by Gasteiger charge is 2.34. The molecule has 12 heteroatoms. The molecule has 2 nitrogen and oxygen atoms in total. The number of hydrogen-bond donors (Lipinski definition) is 2. The molecule has 2 N–H and O–H groups in total. The summed E-state index contributed by atoms with van der Waals surface area (Å²) in [5.41, 5.74) is 0. The first-order valence-corrected chi connectivity index (χ1v) is 7.59. The second kappa shape index (κ2) is 6.03. The first-order valence-electron chi connectivity index (χ1n) is 7.59. The van der Waals surface area contributed by atoms with Gasteiger partial charge in [0, 0.05) is 32.3 Å². The van der Waals surface area contributed by atoms with Crippen molar-refractivity contribution in [2.24, 2.45) is 0 Å². The zero-order valence-corrected chi connectivity index (χ0v) is 13.7. The number of halogens is 10. The summed E-state index contributed by atoms with van der Waals surface area (Å²) in [7, 11) is 0. The Labute approximate surface area is 157 Å². The molecule has 0 heterocycles. The van der Waals surface area contributed by atoms with Crippen molar-refractivity contribution >= 4 is 32.3 Å². The Balaban J connectivity index is 2.66. The van der Waals surface area contributed by atoms with E-state index in [1.54, 1.807) is 0 Å². The summed E-state index contributed by atoms with van der Waals surface area (Å²) in [6, 6.07) is 0.